The Morgan fingerprint density at radius 1 is 1.00 bits per heavy atom. The highest BCUT2D eigenvalue weighted by Gasteiger charge is 2.22. The van der Waals surface area contributed by atoms with Gasteiger partial charge in [-0.1, -0.05) is 26.0 Å². The number of hydrogen-bond acceptors (Lipinski definition) is 9. The van der Waals surface area contributed by atoms with Gasteiger partial charge in [0.15, 0.2) is 23.4 Å². The normalized spacial score (nSPS) is 12.0. The molecule has 1 atom stereocenters. The van der Waals surface area contributed by atoms with E-state index < -0.39 is 12.1 Å². The van der Waals surface area contributed by atoms with Gasteiger partial charge in [-0.05, 0) is 74.2 Å². The van der Waals surface area contributed by atoms with E-state index in [1.54, 1.807) is 31.2 Å². The van der Waals surface area contributed by atoms with E-state index in [2.05, 4.69) is 18.9 Å². The molecule has 0 radical (unpaired) electrons. The summed E-state index contributed by atoms with van der Waals surface area (Å²) < 4.78 is 28.9. The fraction of sp³-hybridized carbons (Fsp3) is 0.333. The molecule has 0 fully saturated rings. The molecule has 0 N–H and O–H groups in total. The van der Waals surface area contributed by atoms with E-state index in [9.17, 15) is 9.59 Å². The van der Waals surface area contributed by atoms with Crippen molar-refractivity contribution < 1.29 is 28.5 Å². The first-order chi connectivity index (χ1) is 20.6. The summed E-state index contributed by atoms with van der Waals surface area (Å²) in [5.41, 5.74) is 3.47. The molecule has 4 aromatic rings. The number of carbonyl (C=O) groups excluding carboxylic acids is 1. The maximum atomic E-state index is 13.8. The third-order valence-electron chi connectivity index (χ3n) is 6.91. The maximum Gasteiger partial charge on any atom is 0.346 e. The van der Waals surface area contributed by atoms with Crippen molar-refractivity contribution in [3.8, 4) is 34.4 Å². The molecule has 4 rings (SSSR count). The third-order valence-corrected chi connectivity index (χ3v) is 6.91. The summed E-state index contributed by atoms with van der Waals surface area (Å²) in [4.78, 5) is 30.7. The van der Waals surface area contributed by atoms with Gasteiger partial charge in [-0.2, -0.15) is 9.78 Å². The maximum absolute atomic E-state index is 13.8. The lowest BCUT2D eigenvalue weighted by atomic mass is 9.96. The molecular weight excluding hydrogens is 550 g/mol. The number of benzene rings is 3. The Morgan fingerprint density at radius 3 is 2.28 bits per heavy atom. The lowest BCUT2D eigenvalue weighted by Gasteiger charge is -2.19. The van der Waals surface area contributed by atoms with Gasteiger partial charge in [-0.25, -0.2) is 9.78 Å². The van der Waals surface area contributed by atoms with Crippen LogP contribution in [-0.2, 0) is 9.53 Å². The van der Waals surface area contributed by atoms with Crippen LogP contribution in [0.1, 0.15) is 50.3 Å². The van der Waals surface area contributed by atoms with Crippen LogP contribution in [0.5, 0.6) is 23.0 Å². The predicted octanol–water partition coefficient (Wildman–Crippen LogP) is 5.73. The smallest absolute Gasteiger partial charge is 0.346 e. The van der Waals surface area contributed by atoms with Gasteiger partial charge in [0, 0.05) is 11.1 Å². The van der Waals surface area contributed by atoms with E-state index >= 15 is 0 Å². The fourth-order valence-electron chi connectivity index (χ4n) is 4.68. The number of ether oxygens (including phenoxy) is 5. The number of methoxy groups -OCH3 is 3. The summed E-state index contributed by atoms with van der Waals surface area (Å²) in [5, 5.41) is 5.06. The van der Waals surface area contributed by atoms with Crippen LogP contribution >= 0.6 is 0 Å². The van der Waals surface area contributed by atoms with Crippen molar-refractivity contribution in [2.24, 2.45) is 5.10 Å². The molecule has 0 amide bonds. The standard InChI is InChI=1S/C33H37N3O7/c1-9-42-27-14-20(4)25(17-24(27)19(2)3)31-35-26-13-11-10-12-23(26)32(37)36(31)34-18-22-15-28(39-6)30(29(16-22)40-7)43-21(5)33(38)41-8/h10-19,21H,9H2,1-8H3/t21-/m1/s1. The first-order valence-corrected chi connectivity index (χ1v) is 14.0. The van der Waals surface area contributed by atoms with Crippen molar-refractivity contribution in [1.82, 2.24) is 9.66 Å². The predicted molar refractivity (Wildman–Crippen MR) is 166 cm³/mol. The van der Waals surface area contributed by atoms with E-state index in [0.29, 0.717) is 40.4 Å². The lowest BCUT2D eigenvalue weighted by molar-refractivity contribution is -0.148. The Balaban J connectivity index is 1.89. The van der Waals surface area contributed by atoms with Crippen LogP contribution in [0.4, 0.5) is 0 Å². The van der Waals surface area contributed by atoms with Crippen molar-refractivity contribution in [3.63, 3.8) is 0 Å². The Morgan fingerprint density at radius 2 is 1.67 bits per heavy atom. The van der Waals surface area contributed by atoms with Crippen LogP contribution in [0.3, 0.4) is 0 Å². The van der Waals surface area contributed by atoms with E-state index in [1.807, 2.05) is 38.1 Å². The van der Waals surface area contributed by atoms with Crippen molar-refractivity contribution in [2.45, 2.75) is 46.6 Å². The van der Waals surface area contributed by atoms with Crippen LogP contribution in [-0.4, -0.2) is 55.9 Å². The Bertz CT molecular complexity index is 1700. The van der Waals surface area contributed by atoms with Crippen LogP contribution in [0.15, 0.2) is 58.4 Å². The first-order valence-electron chi connectivity index (χ1n) is 14.0. The molecule has 10 heteroatoms. The molecule has 3 aromatic carbocycles. The minimum Gasteiger partial charge on any atom is -0.494 e. The van der Waals surface area contributed by atoms with Gasteiger partial charge < -0.3 is 23.7 Å². The van der Waals surface area contributed by atoms with Gasteiger partial charge in [0.05, 0.1) is 45.1 Å². The molecule has 1 heterocycles. The van der Waals surface area contributed by atoms with E-state index in [-0.39, 0.29) is 17.2 Å². The van der Waals surface area contributed by atoms with Crippen molar-refractivity contribution >= 4 is 23.1 Å². The minimum atomic E-state index is -0.898. The summed E-state index contributed by atoms with van der Waals surface area (Å²) in [7, 11) is 4.23. The van der Waals surface area contributed by atoms with Gasteiger partial charge in [0.1, 0.15) is 5.75 Å². The highest BCUT2D eigenvalue weighted by Crippen LogP contribution is 2.39. The van der Waals surface area contributed by atoms with E-state index in [0.717, 1.165) is 22.4 Å². The molecule has 1 aromatic heterocycles. The van der Waals surface area contributed by atoms with Crippen LogP contribution in [0, 0.1) is 6.92 Å². The molecule has 10 nitrogen and oxygen atoms in total. The SMILES string of the molecule is CCOc1cc(C)c(-c2nc3ccccc3c(=O)n2N=Cc2cc(OC)c(O[C@H](C)C(=O)OC)c(OC)c2)cc1C(C)C. The highest BCUT2D eigenvalue weighted by molar-refractivity contribution is 5.84. The molecule has 0 saturated heterocycles. The number of fused-ring (bicyclic) bond motifs is 1. The summed E-state index contributed by atoms with van der Waals surface area (Å²) in [6.07, 6.45) is 0.623. The molecule has 226 valence electrons. The highest BCUT2D eigenvalue weighted by atomic mass is 16.6. The van der Waals surface area contributed by atoms with Crippen molar-refractivity contribution in [3.05, 3.63) is 75.6 Å². The number of nitrogens with zero attached hydrogens (tertiary/aromatic N) is 3. The zero-order valence-electron chi connectivity index (χ0n) is 25.8. The summed E-state index contributed by atoms with van der Waals surface area (Å²) >= 11 is 0. The number of aromatic nitrogens is 2. The number of hydrogen-bond donors (Lipinski definition) is 0. The van der Waals surface area contributed by atoms with E-state index in [4.69, 9.17) is 28.7 Å². The third kappa shape index (κ3) is 6.48. The number of esters is 1. The molecule has 43 heavy (non-hydrogen) atoms. The van der Waals surface area contributed by atoms with Gasteiger partial charge in [0.25, 0.3) is 5.56 Å². The number of rotatable bonds is 11. The molecule has 0 spiro atoms. The zero-order chi connectivity index (χ0) is 31.3. The monoisotopic (exact) mass is 587 g/mol. The molecule has 0 unspecified atom stereocenters. The quantitative estimate of drug-likeness (QED) is 0.162. The second-order valence-corrected chi connectivity index (χ2v) is 10.1. The van der Waals surface area contributed by atoms with Crippen molar-refractivity contribution in [1.29, 1.82) is 0 Å². The Hall–Kier alpha value is -4.86. The summed E-state index contributed by atoms with van der Waals surface area (Å²) in [5.74, 6) is 1.68. The van der Waals surface area contributed by atoms with Crippen molar-refractivity contribution in [2.75, 3.05) is 27.9 Å². The largest absolute Gasteiger partial charge is 0.494 e. The summed E-state index contributed by atoms with van der Waals surface area (Å²) in [6, 6.07) is 14.5. The molecule has 0 aliphatic rings. The van der Waals surface area contributed by atoms with Gasteiger partial charge in [-0.3, -0.25) is 4.79 Å². The van der Waals surface area contributed by atoms with Crippen LogP contribution in [0.2, 0.25) is 0 Å². The second kappa shape index (κ2) is 13.4. The molecular formula is C33H37N3O7. The van der Waals surface area contributed by atoms with Gasteiger partial charge in [-0.15, -0.1) is 0 Å². The van der Waals surface area contributed by atoms with Crippen LogP contribution in [0.25, 0.3) is 22.3 Å². The fourth-order valence-corrected chi connectivity index (χ4v) is 4.68. The summed E-state index contributed by atoms with van der Waals surface area (Å²) in [6.45, 7) is 10.2. The number of para-hydroxylation sites is 1. The number of aryl methyl sites for hydroxylation is 1. The van der Waals surface area contributed by atoms with Gasteiger partial charge >= 0.3 is 5.97 Å². The Labute approximate surface area is 250 Å². The second-order valence-electron chi connectivity index (χ2n) is 10.1. The average molecular weight is 588 g/mol. The zero-order valence-corrected chi connectivity index (χ0v) is 25.8. The molecule has 0 aliphatic heterocycles. The molecule has 0 aliphatic carbocycles. The minimum absolute atomic E-state index is 0.174. The van der Waals surface area contributed by atoms with Crippen LogP contribution < -0.4 is 24.5 Å². The van der Waals surface area contributed by atoms with E-state index in [1.165, 1.54) is 32.2 Å². The lowest BCUT2D eigenvalue weighted by Crippen LogP contribution is -2.25. The average Bonchev–Trinajstić information content (AvgIpc) is 3.00. The molecule has 0 saturated carbocycles. The van der Waals surface area contributed by atoms with Gasteiger partial charge in [0.2, 0.25) is 5.75 Å². The first kappa shape index (κ1) is 31.1. The molecule has 0 bridgehead atoms. The topological polar surface area (TPSA) is 110 Å². The number of carbonyl (C=O) groups is 1. The Kier molecular flexibility index (Phi) is 9.70.